The SMILES string of the molecule is CCS(=O)(=O)N1c2ccc(OC3CCN(C(C)=N)C3)cc2CC1c1ccc2ccc(C(=N)N)cc2c1.Cl.Cl. The predicted molar refractivity (Wildman–Crippen MR) is 158 cm³/mol. The van der Waals surface area contributed by atoms with Crippen LogP contribution in [-0.4, -0.2) is 49.9 Å². The number of nitrogens with one attached hydrogen (secondary N) is 2. The Labute approximate surface area is 236 Å². The minimum absolute atomic E-state index is 0. The number of sulfonamides is 1. The summed E-state index contributed by atoms with van der Waals surface area (Å²) >= 11 is 0. The van der Waals surface area contributed by atoms with Crippen LogP contribution in [0.25, 0.3) is 10.8 Å². The summed E-state index contributed by atoms with van der Waals surface area (Å²) in [6, 6.07) is 16.9. The van der Waals surface area contributed by atoms with Crippen molar-refractivity contribution in [3.63, 3.8) is 0 Å². The Balaban J connectivity index is 0.00000200. The van der Waals surface area contributed by atoms with Crippen LogP contribution >= 0.6 is 24.8 Å². The standard InChI is InChI=1S/C27H31N5O3S.2ClH/c1-3-36(33,34)32-25-9-8-23(35-24-10-11-31(16-24)17(2)28)14-22(25)15-26(32)19-6-4-18-5-7-20(27(29)30)13-21(18)12-19;;/h4-9,12-14,24,26,28H,3,10-11,15-16H2,1-2H3,(H3,29,30);2*1H. The summed E-state index contributed by atoms with van der Waals surface area (Å²) in [6.45, 7) is 4.94. The van der Waals surface area contributed by atoms with E-state index >= 15 is 0 Å². The lowest BCUT2D eigenvalue weighted by Crippen LogP contribution is -2.33. The Bertz CT molecular complexity index is 1480. The highest BCUT2D eigenvalue weighted by Gasteiger charge is 2.38. The van der Waals surface area contributed by atoms with E-state index in [0.717, 1.165) is 40.6 Å². The molecule has 4 N–H and O–H groups in total. The van der Waals surface area contributed by atoms with Crippen LogP contribution in [-0.2, 0) is 16.4 Å². The van der Waals surface area contributed by atoms with Crippen molar-refractivity contribution >= 4 is 63.0 Å². The van der Waals surface area contributed by atoms with Crippen molar-refractivity contribution < 1.29 is 13.2 Å². The molecule has 2 heterocycles. The quantitative estimate of drug-likeness (QED) is 0.285. The van der Waals surface area contributed by atoms with E-state index in [1.807, 2.05) is 59.5 Å². The molecule has 3 aromatic carbocycles. The number of benzene rings is 3. The third kappa shape index (κ3) is 5.55. The molecule has 0 aliphatic carbocycles. The Morgan fingerprint density at radius 1 is 1.05 bits per heavy atom. The van der Waals surface area contributed by atoms with Gasteiger partial charge in [0.2, 0.25) is 10.0 Å². The van der Waals surface area contributed by atoms with Gasteiger partial charge in [0.1, 0.15) is 17.7 Å². The van der Waals surface area contributed by atoms with Crippen molar-refractivity contribution in [3.05, 3.63) is 71.3 Å². The molecule has 0 saturated carbocycles. The van der Waals surface area contributed by atoms with Gasteiger partial charge >= 0.3 is 0 Å². The molecule has 2 aliphatic rings. The van der Waals surface area contributed by atoms with Crippen molar-refractivity contribution in [1.82, 2.24) is 4.90 Å². The predicted octanol–water partition coefficient (Wildman–Crippen LogP) is 4.87. The highest BCUT2D eigenvalue weighted by molar-refractivity contribution is 7.92. The van der Waals surface area contributed by atoms with Crippen molar-refractivity contribution in [2.45, 2.75) is 38.8 Å². The van der Waals surface area contributed by atoms with Gasteiger partial charge in [-0.25, -0.2) is 8.42 Å². The Morgan fingerprint density at radius 3 is 2.45 bits per heavy atom. The van der Waals surface area contributed by atoms with Crippen LogP contribution in [0, 0.1) is 10.8 Å². The van der Waals surface area contributed by atoms with E-state index in [2.05, 4.69) is 0 Å². The van der Waals surface area contributed by atoms with E-state index < -0.39 is 10.0 Å². The third-order valence-electron chi connectivity index (χ3n) is 7.13. The van der Waals surface area contributed by atoms with Crippen LogP contribution in [0.3, 0.4) is 0 Å². The van der Waals surface area contributed by atoms with Gasteiger partial charge in [-0.05, 0) is 66.1 Å². The smallest absolute Gasteiger partial charge is 0.235 e. The lowest BCUT2D eigenvalue weighted by Gasteiger charge is -2.27. The molecule has 2 unspecified atom stereocenters. The summed E-state index contributed by atoms with van der Waals surface area (Å²) in [6.07, 6.45) is 1.40. The number of amidine groups is 2. The number of nitrogens with zero attached hydrogens (tertiary/aromatic N) is 2. The van der Waals surface area contributed by atoms with Gasteiger partial charge < -0.3 is 15.4 Å². The average Bonchev–Trinajstić information content (AvgIpc) is 3.48. The number of fused-ring (bicyclic) bond motifs is 2. The van der Waals surface area contributed by atoms with Gasteiger partial charge in [-0.3, -0.25) is 15.1 Å². The summed E-state index contributed by atoms with van der Waals surface area (Å²) in [5, 5.41) is 17.5. The van der Waals surface area contributed by atoms with Gasteiger partial charge in [0.15, 0.2) is 0 Å². The van der Waals surface area contributed by atoms with Crippen molar-refractivity contribution in [2.24, 2.45) is 5.73 Å². The number of likely N-dealkylation sites (tertiary alicyclic amines) is 1. The first-order chi connectivity index (χ1) is 17.2. The number of hydrogen-bond donors (Lipinski definition) is 3. The van der Waals surface area contributed by atoms with E-state index in [0.29, 0.717) is 30.1 Å². The molecular weight excluding hydrogens is 545 g/mol. The van der Waals surface area contributed by atoms with Crippen molar-refractivity contribution in [2.75, 3.05) is 23.1 Å². The van der Waals surface area contributed by atoms with Crippen LogP contribution in [0.4, 0.5) is 5.69 Å². The van der Waals surface area contributed by atoms with Crippen LogP contribution in [0.15, 0.2) is 54.6 Å². The molecule has 0 amide bonds. The molecular formula is C27H33Cl2N5O3S. The summed E-state index contributed by atoms with van der Waals surface area (Å²) in [7, 11) is -3.53. The molecule has 204 valence electrons. The zero-order valence-electron chi connectivity index (χ0n) is 21.3. The number of anilines is 1. The summed E-state index contributed by atoms with van der Waals surface area (Å²) < 4.78 is 34.3. The monoisotopic (exact) mass is 577 g/mol. The molecule has 1 fully saturated rings. The molecule has 1 saturated heterocycles. The second-order valence-electron chi connectivity index (χ2n) is 9.50. The highest BCUT2D eigenvalue weighted by Crippen LogP contribution is 2.44. The molecule has 5 rings (SSSR count). The van der Waals surface area contributed by atoms with Crippen LogP contribution in [0.2, 0.25) is 0 Å². The maximum atomic E-state index is 13.2. The zero-order chi connectivity index (χ0) is 25.6. The van der Waals surface area contributed by atoms with E-state index in [4.69, 9.17) is 21.3 Å². The fourth-order valence-corrected chi connectivity index (χ4v) is 6.51. The van der Waals surface area contributed by atoms with Gasteiger partial charge in [-0.2, -0.15) is 0 Å². The van der Waals surface area contributed by atoms with Gasteiger partial charge in [0.05, 0.1) is 29.9 Å². The van der Waals surface area contributed by atoms with E-state index in [1.54, 1.807) is 18.2 Å². The Morgan fingerprint density at radius 2 is 1.79 bits per heavy atom. The van der Waals surface area contributed by atoms with E-state index in [1.165, 1.54) is 0 Å². The topological polar surface area (TPSA) is 124 Å². The first-order valence-corrected chi connectivity index (χ1v) is 13.8. The minimum Gasteiger partial charge on any atom is -0.489 e. The lowest BCUT2D eigenvalue weighted by atomic mass is 9.98. The van der Waals surface area contributed by atoms with Crippen LogP contribution in [0.1, 0.15) is 43.0 Å². The van der Waals surface area contributed by atoms with Crippen LogP contribution in [0.5, 0.6) is 5.75 Å². The first-order valence-electron chi connectivity index (χ1n) is 12.2. The summed E-state index contributed by atoms with van der Waals surface area (Å²) in [5.74, 6) is 1.27. The molecule has 0 spiro atoms. The number of rotatable bonds is 6. The van der Waals surface area contributed by atoms with Gasteiger partial charge in [0, 0.05) is 24.9 Å². The maximum absolute atomic E-state index is 13.2. The molecule has 3 aromatic rings. The van der Waals surface area contributed by atoms with Crippen molar-refractivity contribution in [3.8, 4) is 5.75 Å². The number of nitrogens with two attached hydrogens (primary N) is 1. The Hall–Kier alpha value is -3.01. The second kappa shape index (κ2) is 11.4. The number of halogens is 2. The fourth-order valence-electron chi connectivity index (χ4n) is 5.17. The summed E-state index contributed by atoms with van der Waals surface area (Å²) in [5.41, 5.74) is 8.84. The molecule has 2 atom stereocenters. The van der Waals surface area contributed by atoms with Gasteiger partial charge in [0.25, 0.3) is 0 Å². The van der Waals surface area contributed by atoms with E-state index in [-0.39, 0.29) is 48.5 Å². The number of nitrogen functional groups attached to an aromatic ring is 1. The number of ether oxygens (including phenoxy) is 1. The molecule has 11 heteroatoms. The molecule has 0 bridgehead atoms. The largest absolute Gasteiger partial charge is 0.489 e. The third-order valence-corrected chi connectivity index (χ3v) is 8.91. The lowest BCUT2D eigenvalue weighted by molar-refractivity contribution is 0.214. The minimum atomic E-state index is -3.53. The zero-order valence-corrected chi connectivity index (χ0v) is 23.8. The fraction of sp³-hybridized carbons (Fsp3) is 0.333. The normalized spacial score (nSPS) is 18.5. The first kappa shape index (κ1) is 29.5. The highest BCUT2D eigenvalue weighted by atomic mass is 35.5. The molecule has 8 nitrogen and oxygen atoms in total. The Kier molecular flexibility index (Phi) is 8.86. The maximum Gasteiger partial charge on any atom is 0.235 e. The average molecular weight is 579 g/mol. The molecule has 38 heavy (non-hydrogen) atoms. The number of hydrogen-bond acceptors (Lipinski definition) is 5. The van der Waals surface area contributed by atoms with Gasteiger partial charge in [-0.15, -0.1) is 24.8 Å². The summed E-state index contributed by atoms with van der Waals surface area (Å²) in [4.78, 5) is 2.00. The van der Waals surface area contributed by atoms with E-state index in [9.17, 15) is 8.42 Å². The molecule has 0 radical (unpaired) electrons. The van der Waals surface area contributed by atoms with Crippen LogP contribution < -0.4 is 14.8 Å². The molecule has 0 aromatic heterocycles. The second-order valence-corrected chi connectivity index (χ2v) is 11.6. The van der Waals surface area contributed by atoms with Gasteiger partial charge in [-0.1, -0.05) is 24.3 Å². The van der Waals surface area contributed by atoms with Crippen molar-refractivity contribution in [1.29, 1.82) is 10.8 Å². The molecule has 2 aliphatic heterocycles.